The zero-order valence-electron chi connectivity index (χ0n) is 14.1. The van der Waals surface area contributed by atoms with E-state index in [0.717, 1.165) is 18.9 Å². The Kier molecular flexibility index (Phi) is 3.59. The third-order valence-electron chi connectivity index (χ3n) is 5.09. The Morgan fingerprint density at radius 1 is 1.21 bits per heavy atom. The summed E-state index contributed by atoms with van der Waals surface area (Å²) in [6, 6.07) is 8.39. The van der Waals surface area contributed by atoms with Crippen molar-refractivity contribution < 1.29 is 4.79 Å². The fourth-order valence-electron chi connectivity index (χ4n) is 3.54. The lowest BCUT2D eigenvalue weighted by Gasteiger charge is -2.27. The highest BCUT2D eigenvalue weighted by Crippen LogP contribution is 2.25. The first-order valence-corrected chi connectivity index (χ1v) is 8.34. The highest BCUT2D eigenvalue weighted by atomic mass is 16.2. The summed E-state index contributed by atoms with van der Waals surface area (Å²) in [6.45, 7) is 7.05. The molecule has 1 aliphatic heterocycles. The van der Waals surface area contributed by atoms with Crippen LogP contribution in [0.1, 0.15) is 23.5 Å². The molecule has 0 atom stereocenters. The Morgan fingerprint density at radius 2 is 2.04 bits per heavy atom. The van der Waals surface area contributed by atoms with Crippen LogP contribution in [0.3, 0.4) is 0 Å². The van der Waals surface area contributed by atoms with E-state index in [1.54, 1.807) is 6.33 Å². The number of para-hydroxylation sites is 1. The molecule has 24 heavy (non-hydrogen) atoms. The van der Waals surface area contributed by atoms with Gasteiger partial charge in [0.2, 0.25) is 5.91 Å². The number of rotatable bonds is 3. The average Bonchev–Trinajstić information content (AvgIpc) is 3.17. The van der Waals surface area contributed by atoms with E-state index in [4.69, 9.17) is 0 Å². The van der Waals surface area contributed by atoms with Crippen molar-refractivity contribution in [3.8, 4) is 0 Å². The molecular formula is C18H21N5O. The van der Waals surface area contributed by atoms with E-state index in [0.29, 0.717) is 19.5 Å². The molecule has 0 saturated heterocycles. The van der Waals surface area contributed by atoms with Crippen LogP contribution in [-0.4, -0.2) is 36.7 Å². The number of nitrogens with zero attached hydrogens (tertiary/aromatic N) is 5. The smallest absolute Gasteiger partial charge is 0.224 e. The molecule has 6 heteroatoms. The van der Waals surface area contributed by atoms with Crippen molar-refractivity contribution in [1.29, 1.82) is 0 Å². The molecule has 0 radical (unpaired) electrons. The second kappa shape index (κ2) is 5.78. The number of benzene rings is 1. The summed E-state index contributed by atoms with van der Waals surface area (Å²) in [7, 11) is 0. The maximum Gasteiger partial charge on any atom is 0.224 e. The molecule has 6 nitrogen and oxygen atoms in total. The number of carbonyl (C=O) groups excluding carboxylic acids is 1. The molecule has 0 fully saturated rings. The van der Waals surface area contributed by atoms with Crippen LogP contribution < -0.4 is 0 Å². The van der Waals surface area contributed by atoms with Gasteiger partial charge in [0, 0.05) is 42.7 Å². The standard InChI is InChI=1S/C18H21N5O/c1-13-14(2)23(16-6-4-3-5-15(13)16)8-7-18(24)21-9-10-22-12-19-20-17(22)11-21/h3-6,12H,7-11H2,1-2H3. The molecular weight excluding hydrogens is 302 g/mol. The molecule has 4 rings (SSSR count). The van der Waals surface area contributed by atoms with Gasteiger partial charge in [-0.15, -0.1) is 10.2 Å². The van der Waals surface area contributed by atoms with Crippen LogP contribution in [0.2, 0.25) is 0 Å². The van der Waals surface area contributed by atoms with Crippen LogP contribution in [0.4, 0.5) is 0 Å². The summed E-state index contributed by atoms with van der Waals surface area (Å²) in [5.74, 6) is 1.05. The maximum atomic E-state index is 12.6. The molecule has 0 spiro atoms. The number of aryl methyl sites for hydroxylation is 2. The first kappa shape index (κ1) is 14.9. The van der Waals surface area contributed by atoms with Crippen LogP contribution in [0.25, 0.3) is 10.9 Å². The predicted octanol–water partition coefficient (Wildman–Crippen LogP) is 2.28. The third-order valence-corrected chi connectivity index (χ3v) is 5.09. The van der Waals surface area contributed by atoms with E-state index in [2.05, 4.69) is 52.9 Å². The van der Waals surface area contributed by atoms with Crippen molar-refractivity contribution in [2.75, 3.05) is 6.54 Å². The minimum atomic E-state index is 0.180. The van der Waals surface area contributed by atoms with E-state index in [1.807, 2.05) is 9.47 Å². The van der Waals surface area contributed by atoms with Gasteiger partial charge >= 0.3 is 0 Å². The summed E-state index contributed by atoms with van der Waals surface area (Å²) in [5.41, 5.74) is 3.74. The van der Waals surface area contributed by atoms with E-state index >= 15 is 0 Å². The quantitative estimate of drug-likeness (QED) is 0.743. The van der Waals surface area contributed by atoms with Crippen molar-refractivity contribution in [2.45, 2.75) is 39.9 Å². The number of amides is 1. The molecule has 3 heterocycles. The van der Waals surface area contributed by atoms with Gasteiger partial charge in [-0.05, 0) is 25.5 Å². The Balaban J connectivity index is 1.50. The number of fused-ring (bicyclic) bond motifs is 2. The molecule has 0 saturated carbocycles. The van der Waals surface area contributed by atoms with Crippen LogP contribution in [0, 0.1) is 13.8 Å². The van der Waals surface area contributed by atoms with E-state index in [1.165, 1.54) is 22.2 Å². The Hall–Kier alpha value is -2.63. The van der Waals surface area contributed by atoms with Gasteiger partial charge in [-0.3, -0.25) is 4.79 Å². The van der Waals surface area contributed by atoms with Gasteiger partial charge in [-0.2, -0.15) is 0 Å². The van der Waals surface area contributed by atoms with Crippen molar-refractivity contribution in [2.24, 2.45) is 0 Å². The van der Waals surface area contributed by atoms with E-state index < -0.39 is 0 Å². The second-order valence-electron chi connectivity index (χ2n) is 6.39. The van der Waals surface area contributed by atoms with E-state index in [-0.39, 0.29) is 5.91 Å². The topological polar surface area (TPSA) is 56.0 Å². The van der Waals surface area contributed by atoms with Gasteiger partial charge in [0.1, 0.15) is 6.33 Å². The van der Waals surface area contributed by atoms with Crippen molar-refractivity contribution in [1.82, 2.24) is 24.2 Å². The zero-order valence-corrected chi connectivity index (χ0v) is 14.1. The Bertz CT molecular complexity index is 907. The van der Waals surface area contributed by atoms with Gasteiger partial charge in [0.25, 0.3) is 0 Å². The highest BCUT2D eigenvalue weighted by molar-refractivity contribution is 5.85. The number of hydrogen-bond acceptors (Lipinski definition) is 3. The number of hydrogen-bond donors (Lipinski definition) is 0. The van der Waals surface area contributed by atoms with Gasteiger partial charge in [0.05, 0.1) is 6.54 Å². The molecule has 0 aliphatic carbocycles. The molecule has 124 valence electrons. The molecule has 0 bridgehead atoms. The van der Waals surface area contributed by atoms with Gasteiger partial charge in [-0.25, -0.2) is 0 Å². The number of aromatic nitrogens is 4. The Labute approximate surface area is 140 Å². The predicted molar refractivity (Wildman–Crippen MR) is 91.5 cm³/mol. The summed E-state index contributed by atoms with van der Waals surface area (Å²) in [5, 5.41) is 9.26. The van der Waals surface area contributed by atoms with Gasteiger partial charge < -0.3 is 14.0 Å². The average molecular weight is 323 g/mol. The zero-order chi connectivity index (χ0) is 16.7. The third kappa shape index (κ3) is 2.38. The minimum Gasteiger partial charge on any atom is -0.344 e. The molecule has 3 aromatic rings. The largest absolute Gasteiger partial charge is 0.344 e. The molecule has 1 aliphatic rings. The molecule has 2 aromatic heterocycles. The van der Waals surface area contributed by atoms with Crippen LogP contribution in [0.5, 0.6) is 0 Å². The lowest BCUT2D eigenvalue weighted by molar-refractivity contribution is -0.132. The molecule has 0 N–H and O–H groups in total. The summed E-state index contributed by atoms with van der Waals surface area (Å²) in [6.07, 6.45) is 2.24. The lowest BCUT2D eigenvalue weighted by atomic mass is 10.2. The summed E-state index contributed by atoms with van der Waals surface area (Å²) < 4.78 is 4.27. The number of carbonyl (C=O) groups is 1. The second-order valence-corrected chi connectivity index (χ2v) is 6.39. The summed E-state index contributed by atoms with van der Waals surface area (Å²) in [4.78, 5) is 14.5. The fourth-order valence-corrected chi connectivity index (χ4v) is 3.54. The Morgan fingerprint density at radius 3 is 2.92 bits per heavy atom. The molecule has 0 unspecified atom stereocenters. The normalized spacial score (nSPS) is 14.2. The van der Waals surface area contributed by atoms with Crippen LogP contribution >= 0.6 is 0 Å². The minimum absolute atomic E-state index is 0.180. The first-order chi connectivity index (χ1) is 11.6. The lowest BCUT2D eigenvalue weighted by Crippen LogP contribution is -2.38. The van der Waals surface area contributed by atoms with Gasteiger partial charge in [-0.1, -0.05) is 18.2 Å². The van der Waals surface area contributed by atoms with Crippen molar-refractivity contribution in [3.63, 3.8) is 0 Å². The maximum absolute atomic E-state index is 12.6. The van der Waals surface area contributed by atoms with Crippen molar-refractivity contribution in [3.05, 3.63) is 47.7 Å². The monoisotopic (exact) mass is 323 g/mol. The van der Waals surface area contributed by atoms with Crippen LogP contribution in [0.15, 0.2) is 30.6 Å². The van der Waals surface area contributed by atoms with Crippen molar-refractivity contribution >= 4 is 16.8 Å². The fraction of sp³-hybridized carbons (Fsp3) is 0.389. The van der Waals surface area contributed by atoms with Crippen LogP contribution in [-0.2, 0) is 24.4 Å². The summed E-state index contributed by atoms with van der Waals surface area (Å²) >= 11 is 0. The molecule has 1 aromatic carbocycles. The first-order valence-electron chi connectivity index (χ1n) is 8.34. The SMILES string of the molecule is Cc1c(C)n(CCC(=O)N2CCn3cnnc3C2)c2ccccc12. The van der Waals surface area contributed by atoms with E-state index in [9.17, 15) is 4.79 Å². The van der Waals surface area contributed by atoms with Gasteiger partial charge in [0.15, 0.2) is 5.82 Å². The highest BCUT2D eigenvalue weighted by Gasteiger charge is 2.22. The molecule has 1 amide bonds.